The second-order valence-corrected chi connectivity index (χ2v) is 5.20. The number of likely N-dealkylation sites (tertiary alicyclic amines) is 1. The Morgan fingerprint density at radius 1 is 1.32 bits per heavy atom. The third kappa shape index (κ3) is 3.50. The Hall–Kier alpha value is -2.24. The normalized spacial score (nSPS) is 15.5. The molecule has 1 aromatic rings. The summed E-state index contributed by atoms with van der Waals surface area (Å²) < 4.78 is 10.0. The molecular formula is C16H21NO5. The standard InChI is InChI=1S/C16H21NO5/c1-3-22-16(20)11-6-8-17(9-7-11)15(19)13-5-4-12(21-2)10-14(13)18/h4-5,10-11,18H,3,6-9H2,1-2H3. The van der Waals surface area contributed by atoms with Crippen molar-refractivity contribution in [2.75, 3.05) is 26.8 Å². The topological polar surface area (TPSA) is 76.1 Å². The predicted molar refractivity (Wildman–Crippen MR) is 79.9 cm³/mol. The molecule has 1 saturated heterocycles. The molecule has 1 N–H and O–H groups in total. The van der Waals surface area contributed by atoms with Gasteiger partial charge in [-0.2, -0.15) is 0 Å². The number of nitrogens with zero attached hydrogens (tertiary/aromatic N) is 1. The summed E-state index contributed by atoms with van der Waals surface area (Å²) >= 11 is 0. The van der Waals surface area contributed by atoms with E-state index < -0.39 is 0 Å². The summed E-state index contributed by atoms with van der Waals surface area (Å²) in [5.41, 5.74) is 0.246. The van der Waals surface area contributed by atoms with Crippen molar-refractivity contribution in [2.45, 2.75) is 19.8 Å². The minimum Gasteiger partial charge on any atom is -0.507 e. The molecule has 120 valence electrons. The maximum absolute atomic E-state index is 12.4. The zero-order valence-corrected chi connectivity index (χ0v) is 12.9. The van der Waals surface area contributed by atoms with Crippen molar-refractivity contribution in [3.8, 4) is 11.5 Å². The van der Waals surface area contributed by atoms with Crippen LogP contribution in [0, 0.1) is 5.92 Å². The Labute approximate surface area is 129 Å². The molecule has 0 bridgehead atoms. The second-order valence-electron chi connectivity index (χ2n) is 5.20. The summed E-state index contributed by atoms with van der Waals surface area (Å²) in [5.74, 6) is -0.176. The van der Waals surface area contributed by atoms with Crippen molar-refractivity contribution >= 4 is 11.9 Å². The number of piperidine rings is 1. The van der Waals surface area contributed by atoms with Crippen LogP contribution in [0.5, 0.6) is 11.5 Å². The van der Waals surface area contributed by atoms with Gasteiger partial charge >= 0.3 is 5.97 Å². The first-order chi connectivity index (χ1) is 10.6. The average molecular weight is 307 g/mol. The van der Waals surface area contributed by atoms with Gasteiger partial charge < -0.3 is 19.5 Å². The van der Waals surface area contributed by atoms with E-state index in [1.54, 1.807) is 24.0 Å². The molecule has 1 fully saturated rings. The van der Waals surface area contributed by atoms with Gasteiger partial charge in [0, 0.05) is 19.2 Å². The highest BCUT2D eigenvalue weighted by Crippen LogP contribution is 2.26. The summed E-state index contributed by atoms with van der Waals surface area (Å²) in [5, 5.41) is 9.93. The molecule has 1 aliphatic rings. The number of benzene rings is 1. The number of methoxy groups -OCH3 is 1. The molecular weight excluding hydrogens is 286 g/mol. The van der Waals surface area contributed by atoms with Gasteiger partial charge in [-0.25, -0.2) is 0 Å². The number of hydrogen-bond donors (Lipinski definition) is 1. The minimum absolute atomic E-state index is 0.100. The first kappa shape index (κ1) is 16.1. The van der Waals surface area contributed by atoms with Gasteiger partial charge in [0.2, 0.25) is 0 Å². The van der Waals surface area contributed by atoms with E-state index in [-0.39, 0.29) is 29.1 Å². The molecule has 0 aliphatic carbocycles. The third-order valence-electron chi connectivity index (χ3n) is 3.84. The quantitative estimate of drug-likeness (QED) is 0.859. The van der Waals surface area contributed by atoms with Crippen LogP contribution >= 0.6 is 0 Å². The molecule has 1 heterocycles. The minimum atomic E-state index is -0.234. The second kappa shape index (κ2) is 7.15. The van der Waals surface area contributed by atoms with E-state index in [1.807, 2.05) is 0 Å². The van der Waals surface area contributed by atoms with Gasteiger partial charge in [-0.15, -0.1) is 0 Å². The summed E-state index contributed by atoms with van der Waals surface area (Å²) in [4.78, 5) is 25.8. The van der Waals surface area contributed by atoms with Crippen molar-refractivity contribution in [1.29, 1.82) is 0 Å². The number of phenols is 1. The SMILES string of the molecule is CCOC(=O)C1CCN(C(=O)c2ccc(OC)cc2O)CC1. The first-order valence-corrected chi connectivity index (χ1v) is 7.39. The molecule has 6 heteroatoms. The summed E-state index contributed by atoms with van der Waals surface area (Å²) in [7, 11) is 1.50. The Balaban J connectivity index is 1.99. The number of amides is 1. The van der Waals surface area contributed by atoms with Crippen LogP contribution in [-0.4, -0.2) is 48.7 Å². The van der Waals surface area contributed by atoms with Gasteiger partial charge in [-0.05, 0) is 31.9 Å². The number of phenolic OH excluding ortho intramolecular Hbond substituents is 1. The number of ether oxygens (including phenoxy) is 2. The molecule has 0 saturated carbocycles. The van der Waals surface area contributed by atoms with Crippen LogP contribution in [0.2, 0.25) is 0 Å². The molecule has 2 rings (SSSR count). The highest BCUT2D eigenvalue weighted by Gasteiger charge is 2.29. The molecule has 0 radical (unpaired) electrons. The monoisotopic (exact) mass is 307 g/mol. The molecule has 6 nitrogen and oxygen atoms in total. The fourth-order valence-electron chi connectivity index (χ4n) is 2.57. The number of esters is 1. The van der Waals surface area contributed by atoms with Gasteiger partial charge in [-0.1, -0.05) is 0 Å². The van der Waals surface area contributed by atoms with Gasteiger partial charge in [0.1, 0.15) is 11.5 Å². The highest BCUT2D eigenvalue weighted by atomic mass is 16.5. The van der Waals surface area contributed by atoms with E-state index in [0.29, 0.717) is 38.3 Å². The molecule has 0 spiro atoms. The molecule has 1 aliphatic heterocycles. The first-order valence-electron chi connectivity index (χ1n) is 7.39. The predicted octanol–water partition coefficient (Wildman–Crippen LogP) is 1.82. The van der Waals surface area contributed by atoms with E-state index >= 15 is 0 Å². The summed E-state index contributed by atoms with van der Waals surface area (Å²) in [6.45, 7) is 3.11. The lowest BCUT2D eigenvalue weighted by molar-refractivity contribution is -0.149. The number of aromatic hydroxyl groups is 1. The molecule has 1 aromatic carbocycles. The fraction of sp³-hybridized carbons (Fsp3) is 0.500. The van der Waals surface area contributed by atoms with E-state index in [1.165, 1.54) is 13.2 Å². The largest absolute Gasteiger partial charge is 0.507 e. The van der Waals surface area contributed by atoms with Gasteiger partial charge in [-0.3, -0.25) is 9.59 Å². The number of carbonyl (C=O) groups is 2. The van der Waals surface area contributed by atoms with Crippen LogP contribution in [-0.2, 0) is 9.53 Å². The van der Waals surface area contributed by atoms with Crippen molar-refractivity contribution in [1.82, 2.24) is 4.90 Å². The number of rotatable bonds is 4. The van der Waals surface area contributed by atoms with Crippen LogP contribution in [0.1, 0.15) is 30.1 Å². The molecule has 0 aromatic heterocycles. The zero-order chi connectivity index (χ0) is 16.1. The lowest BCUT2D eigenvalue weighted by Crippen LogP contribution is -2.40. The van der Waals surface area contributed by atoms with Gasteiger partial charge in [0.05, 0.1) is 25.2 Å². The highest BCUT2D eigenvalue weighted by molar-refractivity contribution is 5.97. The smallest absolute Gasteiger partial charge is 0.309 e. The molecule has 1 amide bonds. The van der Waals surface area contributed by atoms with Crippen LogP contribution in [0.15, 0.2) is 18.2 Å². The van der Waals surface area contributed by atoms with Crippen LogP contribution < -0.4 is 4.74 Å². The Morgan fingerprint density at radius 2 is 2.00 bits per heavy atom. The molecule has 0 unspecified atom stereocenters. The van der Waals surface area contributed by atoms with Gasteiger partial charge in [0.25, 0.3) is 5.91 Å². The van der Waals surface area contributed by atoms with E-state index in [4.69, 9.17) is 9.47 Å². The average Bonchev–Trinajstić information content (AvgIpc) is 2.54. The van der Waals surface area contributed by atoms with Crippen molar-refractivity contribution in [3.05, 3.63) is 23.8 Å². The summed E-state index contributed by atoms with van der Waals surface area (Å²) in [6.07, 6.45) is 1.17. The zero-order valence-electron chi connectivity index (χ0n) is 12.9. The van der Waals surface area contributed by atoms with E-state index in [0.717, 1.165) is 0 Å². The van der Waals surface area contributed by atoms with E-state index in [2.05, 4.69) is 0 Å². The van der Waals surface area contributed by atoms with Crippen LogP contribution in [0.4, 0.5) is 0 Å². The number of carbonyl (C=O) groups excluding carboxylic acids is 2. The van der Waals surface area contributed by atoms with Crippen LogP contribution in [0.25, 0.3) is 0 Å². The Kier molecular flexibility index (Phi) is 5.25. The van der Waals surface area contributed by atoms with Crippen molar-refractivity contribution < 1.29 is 24.2 Å². The third-order valence-corrected chi connectivity index (χ3v) is 3.84. The fourth-order valence-corrected chi connectivity index (χ4v) is 2.57. The van der Waals surface area contributed by atoms with E-state index in [9.17, 15) is 14.7 Å². The summed E-state index contributed by atoms with van der Waals surface area (Å²) in [6, 6.07) is 4.60. The molecule has 22 heavy (non-hydrogen) atoms. The lowest BCUT2D eigenvalue weighted by atomic mass is 9.96. The maximum atomic E-state index is 12.4. The Morgan fingerprint density at radius 3 is 2.55 bits per heavy atom. The van der Waals surface area contributed by atoms with Crippen molar-refractivity contribution in [3.63, 3.8) is 0 Å². The van der Waals surface area contributed by atoms with Crippen molar-refractivity contribution in [2.24, 2.45) is 5.92 Å². The Bertz CT molecular complexity index is 549. The lowest BCUT2D eigenvalue weighted by Gasteiger charge is -2.31. The van der Waals surface area contributed by atoms with Gasteiger partial charge in [0.15, 0.2) is 0 Å². The molecule has 0 atom stereocenters. The maximum Gasteiger partial charge on any atom is 0.309 e. The van der Waals surface area contributed by atoms with Crippen LogP contribution in [0.3, 0.4) is 0 Å². The number of hydrogen-bond acceptors (Lipinski definition) is 5.